The number of hydrogen-bond donors (Lipinski definition) is 1. The van der Waals surface area contributed by atoms with Crippen molar-refractivity contribution >= 4 is 17.3 Å². The van der Waals surface area contributed by atoms with Crippen LogP contribution >= 0.6 is 12.2 Å². The van der Waals surface area contributed by atoms with Crippen LogP contribution in [0.3, 0.4) is 0 Å². The van der Waals surface area contributed by atoms with E-state index >= 15 is 0 Å². The molecular formula is C21H27N3OS. The van der Waals surface area contributed by atoms with Crippen LogP contribution in [-0.4, -0.2) is 54.7 Å². The molecule has 0 atom stereocenters. The highest BCUT2D eigenvalue weighted by atomic mass is 32.1. The van der Waals surface area contributed by atoms with E-state index in [1.165, 1.54) is 11.1 Å². The summed E-state index contributed by atoms with van der Waals surface area (Å²) in [5.74, 6) is 0.908. The van der Waals surface area contributed by atoms with Gasteiger partial charge in [0, 0.05) is 39.3 Å². The van der Waals surface area contributed by atoms with Gasteiger partial charge in [-0.25, -0.2) is 0 Å². The minimum absolute atomic E-state index is 0.880. The zero-order valence-corrected chi connectivity index (χ0v) is 16.2. The zero-order chi connectivity index (χ0) is 18.2. The largest absolute Gasteiger partial charge is 0.497 e. The van der Waals surface area contributed by atoms with Crippen molar-refractivity contribution in [2.45, 2.75) is 13.0 Å². The summed E-state index contributed by atoms with van der Waals surface area (Å²) in [7, 11) is 1.70. The average molecular weight is 370 g/mol. The van der Waals surface area contributed by atoms with Gasteiger partial charge in [0.2, 0.25) is 0 Å². The molecule has 0 spiro atoms. The molecule has 3 rings (SSSR count). The maximum atomic E-state index is 5.57. The van der Waals surface area contributed by atoms with Crippen molar-refractivity contribution in [2.24, 2.45) is 0 Å². The molecule has 0 saturated carbocycles. The number of piperazine rings is 1. The van der Waals surface area contributed by atoms with Gasteiger partial charge in [0.25, 0.3) is 0 Å². The van der Waals surface area contributed by atoms with Crippen LogP contribution in [0.5, 0.6) is 5.75 Å². The SMILES string of the molecule is COc1ccc(CN2CCN(C(=S)NCCc3ccccc3)CC2)cc1. The van der Waals surface area contributed by atoms with Gasteiger partial charge in [-0.05, 0) is 41.9 Å². The minimum Gasteiger partial charge on any atom is -0.497 e. The topological polar surface area (TPSA) is 27.7 Å². The predicted molar refractivity (Wildman–Crippen MR) is 111 cm³/mol. The Morgan fingerprint density at radius 3 is 2.31 bits per heavy atom. The molecule has 0 unspecified atom stereocenters. The highest BCUT2D eigenvalue weighted by molar-refractivity contribution is 7.80. The lowest BCUT2D eigenvalue weighted by atomic mass is 10.1. The fourth-order valence-electron chi connectivity index (χ4n) is 3.17. The van der Waals surface area contributed by atoms with Crippen LogP contribution in [0.2, 0.25) is 0 Å². The summed E-state index contributed by atoms with van der Waals surface area (Å²) < 4.78 is 5.22. The highest BCUT2D eigenvalue weighted by Gasteiger charge is 2.18. The molecule has 0 radical (unpaired) electrons. The van der Waals surface area contributed by atoms with E-state index < -0.39 is 0 Å². The molecule has 0 aliphatic carbocycles. The molecule has 1 N–H and O–H groups in total. The van der Waals surface area contributed by atoms with Crippen LogP contribution in [0, 0.1) is 0 Å². The molecule has 1 aliphatic rings. The van der Waals surface area contributed by atoms with Crippen LogP contribution in [0.4, 0.5) is 0 Å². The first kappa shape index (κ1) is 18.7. The molecule has 0 aromatic heterocycles. The van der Waals surface area contributed by atoms with Crippen molar-refractivity contribution in [3.05, 3.63) is 65.7 Å². The zero-order valence-electron chi connectivity index (χ0n) is 15.4. The van der Waals surface area contributed by atoms with E-state index in [0.29, 0.717) is 0 Å². The van der Waals surface area contributed by atoms with E-state index in [0.717, 1.165) is 56.6 Å². The van der Waals surface area contributed by atoms with Gasteiger partial charge in [0.15, 0.2) is 5.11 Å². The molecule has 5 heteroatoms. The lowest BCUT2D eigenvalue weighted by Gasteiger charge is -2.36. The third kappa shape index (κ3) is 5.44. The Morgan fingerprint density at radius 2 is 1.65 bits per heavy atom. The van der Waals surface area contributed by atoms with Crippen LogP contribution < -0.4 is 10.1 Å². The Labute approximate surface area is 161 Å². The molecule has 4 nitrogen and oxygen atoms in total. The number of nitrogens with one attached hydrogen (secondary N) is 1. The molecule has 1 fully saturated rings. The number of rotatable bonds is 6. The molecule has 1 heterocycles. The van der Waals surface area contributed by atoms with Crippen molar-refractivity contribution in [1.29, 1.82) is 0 Å². The Bertz CT molecular complexity index is 682. The number of nitrogens with zero attached hydrogens (tertiary/aromatic N) is 2. The normalized spacial score (nSPS) is 14.9. The van der Waals surface area contributed by atoms with Gasteiger partial charge in [0.1, 0.15) is 5.75 Å². The Hall–Kier alpha value is -2.11. The van der Waals surface area contributed by atoms with E-state index in [-0.39, 0.29) is 0 Å². The van der Waals surface area contributed by atoms with E-state index in [1.54, 1.807) is 7.11 Å². The van der Waals surface area contributed by atoms with Gasteiger partial charge in [-0.3, -0.25) is 4.90 Å². The van der Waals surface area contributed by atoms with Crippen molar-refractivity contribution in [3.63, 3.8) is 0 Å². The third-order valence-corrected chi connectivity index (χ3v) is 5.16. The minimum atomic E-state index is 0.880. The van der Waals surface area contributed by atoms with Crippen LogP contribution in [0.15, 0.2) is 54.6 Å². The second-order valence-corrected chi connectivity index (χ2v) is 6.97. The second-order valence-electron chi connectivity index (χ2n) is 6.58. The first-order valence-corrected chi connectivity index (χ1v) is 9.57. The van der Waals surface area contributed by atoms with Crippen molar-refractivity contribution in [3.8, 4) is 5.75 Å². The molecule has 2 aromatic rings. The van der Waals surface area contributed by atoms with Gasteiger partial charge < -0.3 is 15.0 Å². The molecule has 0 amide bonds. The van der Waals surface area contributed by atoms with E-state index in [9.17, 15) is 0 Å². The molecule has 138 valence electrons. The van der Waals surface area contributed by atoms with Gasteiger partial charge in [-0.1, -0.05) is 42.5 Å². The quantitative estimate of drug-likeness (QED) is 0.791. The number of hydrogen-bond acceptors (Lipinski definition) is 3. The van der Waals surface area contributed by atoms with Gasteiger partial charge in [0.05, 0.1) is 7.11 Å². The molecule has 0 bridgehead atoms. The molecule has 1 aliphatic heterocycles. The fraction of sp³-hybridized carbons (Fsp3) is 0.381. The lowest BCUT2D eigenvalue weighted by Crippen LogP contribution is -2.51. The van der Waals surface area contributed by atoms with E-state index in [2.05, 4.69) is 51.5 Å². The molecular weight excluding hydrogens is 342 g/mol. The maximum absolute atomic E-state index is 5.57. The van der Waals surface area contributed by atoms with Crippen LogP contribution in [0.1, 0.15) is 11.1 Å². The summed E-state index contributed by atoms with van der Waals surface area (Å²) >= 11 is 5.57. The summed E-state index contributed by atoms with van der Waals surface area (Å²) in [6, 6.07) is 18.8. The summed E-state index contributed by atoms with van der Waals surface area (Å²) in [6.07, 6.45) is 0.998. The fourth-order valence-corrected chi connectivity index (χ4v) is 3.45. The summed E-state index contributed by atoms with van der Waals surface area (Å²) in [5, 5.41) is 4.28. The van der Waals surface area contributed by atoms with Crippen molar-refractivity contribution in [2.75, 3.05) is 39.8 Å². The summed E-state index contributed by atoms with van der Waals surface area (Å²) in [4.78, 5) is 4.76. The Kier molecular flexibility index (Phi) is 6.86. The number of benzene rings is 2. The lowest BCUT2D eigenvalue weighted by molar-refractivity contribution is 0.174. The third-order valence-electron chi connectivity index (χ3n) is 4.76. The second kappa shape index (κ2) is 9.55. The van der Waals surface area contributed by atoms with E-state index in [4.69, 9.17) is 17.0 Å². The molecule has 2 aromatic carbocycles. The van der Waals surface area contributed by atoms with E-state index in [1.807, 2.05) is 18.2 Å². The average Bonchev–Trinajstić information content (AvgIpc) is 2.70. The van der Waals surface area contributed by atoms with Crippen molar-refractivity contribution in [1.82, 2.24) is 15.1 Å². The number of ether oxygens (including phenoxy) is 1. The van der Waals surface area contributed by atoms with Crippen LogP contribution in [0.25, 0.3) is 0 Å². The molecule has 26 heavy (non-hydrogen) atoms. The first-order chi connectivity index (χ1) is 12.7. The smallest absolute Gasteiger partial charge is 0.169 e. The molecule has 1 saturated heterocycles. The Morgan fingerprint density at radius 1 is 0.962 bits per heavy atom. The highest BCUT2D eigenvalue weighted by Crippen LogP contribution is 2.14. The number of methoxy groups -OCH3 is 1. The van der Waals surface area contributed by atoms with Gasteiger partial charge >= 0.3 is 0 Å². The standard InChI is InChI=1S/C21H27N3OS/c1-25-20-9-7-19(8-10-20)17-23-13-15-24(16-14-23)21(26)22-12-11-18-5-3-2-4-6-18/h2-10H,11-17H2,1H3,(H,22,26). The summed E-state index contributed by atoms with van der Waals surface area (Å²) in [6.45, 7) is 5.89. The first-order valence-electron chi connectivity index (χ1n) is 9.16. The maximum Gasteiger partial charge on any atom is 0.169 e. The number of thiocarbonyl (C=S) groups is 1. The predicted octanol–water partition coefficient (Wildman–Crippen LogP) is 2.93. The van der Waals surface area contributed by atoms with Crippen LogP contribution in [-0.2, 0) is 13.0 Å². The summed E-state index contributed by atoms with van der Waals surface area (Å²) in [5.41, 5.74) is 2.66. The monoisotopic (exact) mass is 369 g/mol. The van der Waals surface area contributed by atoms with Gasteiger partial charge in [-0.2, -0.15) is 0 Å². The Balaban J connectivity index is 1.37. The van der Waals surface area contributed by atoms with Crippen molar-refractivity contribution < 1.29 is 4.74 Å². The van der Waals surface area contributed by atoms with Gasteiger partial charge in [-0.15, -0.1) is 0 Å².